The monoisotopic (exact) mass is 848 g/mol. The molecule has 0 spiro atoms. The van der Waals surface area contributed by atoms with Crippen LogP contribution in [0, 0.1) is 17.0 Å². The number of thioether (sulfide) groups is 1. The average molecular weight is 849 g/mol. The predicted octanol–water partition coefficient (Wildman–Crippen LogP) is 4.11. The minimum Gasteiger partial charge on any atom is -0.445 e. The Morgan fingerprint density at radius 2 is 1.59 bits per heavy atom. The highest BCUT2D eigenvalue weighted by molar-refractivity contribution is 8.00. The average Bonchev–Trinajstić information content (AvgIpc) is 3.72. The van der Waals surface area contributed by atoms with E-state index in [9.17, 15) is 46.3 Å². The Balaban J connectivity index is 1.54. The number of amides is 5. The fourth-order valence-electron chi connectivity index (χ4n) is 6.25. The van der Waals surface area contributed by atoms with Crippen molar-refractivity contribution < 1.29 is 55.5 Å². The van der Waals surface area contributed by atoms with Crippen molar-refractivity contribution in [3.8, 4) is 11.1 Å². The predicted molar refractivity (Wildman–Crippen MR) is 208 cm³/mol. The summed E-state index contributed by atoms with van der Waals surface area (Å²) in [6.45, 7) is 5.09. The van der Waals surface area contributed by atoms with Crippen molar-refractivity contribution in [3.05, 3.63) is 95.8 Å². The highest BCUT2D eigenvalue weighted by Gasteiger charge is 2.44. The molecule has 318 valence electrons. The lowest BCUT2D eigenvalue weighted by Crippen LogP contribution is -2.46. The molecule has 4 rings (SSSR count). The number of halogens is 5. The molecule has 2 atom stereocenters. The Kier molecular flexibility index (Phi) is 16.0. The first-order chi connectivity index (χ1) is 27.8. The minimum absolute atomic E-state index is 0.00817. The van der Waals surface area contributed by atoms with E-state index in [1.807, 2.05) is 55.7 Å². The van der Waals surface area contributed by atoms with Gasteiger partial charge in [0.15, 0.2) is 6.10 Å². The molecule has 0 bridgehead atoms. The van der Waals surface area contributed by atoms with Crippen LogP contribution in [0.1, 0.15) is 44.5 Å². The summed E-state index contributed by atoms with van der Waals surface area (Å²) in [5.41, 5.74) is 7.00. The summed E-state index contributed by atoms with van der Waals surface area (Å²) in [7, 11) is 0. The number of imide groups is 1. The van der Waals surface area contributed by atoms with Crippen molar-refractivity contribution >= 4 is 47.3 Å². The largest absolute Gasteiger partial charge is 0.490 e. The van der Waals surface area contributed by atoms with Crippen LogP contribution >= 0.6 is 11.8 Å². The minimum atomic E-state index is -5.44. The van der Waals surface area contributed by atoms with Crippen LogP contribution in [0.25, 0.3) is 11.1 Å². The van der Waals surface area contributed by atoms with Crippen LogP contribution in [0.2, 0.25) is 0 Å². The maximum Gasteiger partial charge on any atom is 0.490 e. The molecule has 19 heteroatoms. The van der Waals surface area contributed by atoms with Crippen molar-refractivity contribution in [3.63, 3.8) is 0 Å². The standard InChI is InChI=1S/C40H45F5N6O7S/c1-39(2,3)36(30-18-26(28-19-27(41)10-11-29(28)42)21-49(30)20-25-8-5-4-6-9-25)50(17-7-14-46)35(55)24-59-23-31(58-38(57)40(43,44)45)37(56)48-16-15-47-32(52)22-51-33(53)12-13-34(51)54/h4-6,8-13,18-19,21,31,36H,7,14-17,20,22-24,46H2,1-3H3,(H,47,52)(H,48,56)/t31?,36-/m0/s1. The number of carbonyl (C=O) groups excluding carboxylic acids is 6. The lowest BCUT2D eigenvalue weighted by atomic mass is 9.83. The third-order valence-electron chi connectivity index (χ3n) is 8.92. The van der Waals surface area contributed by atoms with Gasteiger partial charge in [0.1, 0.15) is 18.2 Å². The molecule has 1 aliphatic heterocycles. The van der Waals surface area contributed by atoms with Gasteiger partial charge in [0.25, 0.3) is 17.7 Å². The molecule has 0 saturated heterocycles. The Morgan fingerprint density at radius 1 is 0.932 bits per heavy atom. The summed E-state index contributed by atoms with van der Waals surface area (Å²) in [4.78, 5) is 76.8. The van der Waals surface area contributed by atoms with E-state index >= 15 is 4.39 Å². The van der Waals surface area contributed by atoms with E-state index in [0.717, 1.165) is 47.7 Å². The van der Waals surface area contributed by atoms with Gasteiger partial charge < -0.3 is 30.6 Å². The lowest BCUT2D eigenvalue weighted by Gasteiger charge is -2.41. The van der Waals surface area contributed by atoms with Gasteiger partial charge >= 0.3 is 12.1 Å². The molecule has 2 heterocycles. The van der Waals surface area contributed by atoms with Crippen molar-refractivity contribution in [2.75, 3.05) is 44.2 Å². The molecule has 2 aromatic carbocycles. The molecule has 3 aromatic rings. The van der Waals surface area contributed by atoms with Crippen molar-refractivity contribution in [2.45, 2.75) is 52.1 Å². The molecule has 4 N–H and O–H groups in total. The van der Waals surface area contributed by atoms with Crippen LogP contribution in [0.5, 0.6) is 0 Å². The second kappa shape index (κ2) is 20.4. The Morgan fingerprint density at radius 3 is 2.22 bits per heavy atom. The molecule has 59 heavy (non-hydrogen) atoms. The van der Waals surface area contributed by atoms with Gasteiger partial charge in [-0.05, 0) is 48.2 Å². The van der Waals surface area contributed by atoms with Crippen LogP contribution in [-0.2, 0) is 40.0 Å². The summed E-state index contributed by atoms with van der Waals surface area (Å²) < 4.78 is 75.5. The van der Waals surface area contributed by atoms with Gasteiger partial charge in [-0.25, -0.2) is 13.6 Å². The van der Waals surface area contributed by atoms with Crippen LogP contribution in [0.4, 0.5) is 22.0 Å². The number of hydrogen-bond acceptors (Lipinski definition) is 9. The van der Waals surface area contributed by atoms with Crippen LogP contribution in [0.15, 0.2) is 72.9 Å². The van der Waals surface area contributed by atoms with Gasteiger partial charge in [-0.15, -0.1) is 11.8 Å². The number of esters is 1. The highest BCUT2D eigenvalue weighted by Crippen LogP contribution is 2.41. The van der Waals surface area contributed by atoms with Crippen LogP contribution < -0.4 is 16.4 Å². The number of benzene rings is 2. The maximum atomic E-state index is 15.1. The normalized spacial score (nSPS) is 13.9. The highest BCUT2D eigenvalue weighted by atomic mass is 32.2. The van der Waals surface area contributed by atoms with Crippen molar-refractivity contribution in [2.24, 2.45) is 11.1 Å². The summed E-state index contributed by atoms with van der Waals surface area (Å²) in [5, 5.41) is 4.62. The van der Waals surface area contributed by atoms with Gasteiger partial charge in [-0.3, -0.25) is 28.9 Å². The number of nitrogens with two attached hydrogens (primary N) is 1. The third-order valence-corrected chi connectivity index (χ3v) is 9.91. The summed E-state index contributed by atoms with van der Waals surface area (Å²) in [5.74, 6) is -8.66. The van der Waals surface area contributed by atoms with Crippen molar-refractivity contribution in [1.29, 1.82) is 0 Å². The maximum absolute atomic E-state index is 15.1. The van der Waals surface area contributed by atoms with Crippen LogP contribution in [0.3, 0.4) is 0 Å². The van der Waals surface area contributed by atoms with E-state index < -0.39 is 83.2 Å². The molecule has 0 aliphatic carbocycles. The van der Waals surface area contributed by atoms with E-state index in [0.29, 0.717) is 29.1 Å². The quantitative estimate of drug-likeness (QED) is 0.0695. The van der Waals surface area contributed by atoms with E-state index in [1.165, 1.54) is 0 Å². The van der Waals surface area contributed by atoms with Gasteiger partial charge in [0.05, 0.1) is 11.8 Å². The number of aromatic nitrogens is 1. The summed E-state index contributed by atoms with van der Waals surface area (Å²) >= 11 is 0.739. The fourth-order valence-corrected chi connectivity index (χ4v) is 7.15. The number of nitrogens with zero attached hydrogens (tertiary/aromatic N) is 3. The zero-order valence-electron chi connectivity index (χ0n) is 32.5. The van der Waals surface area contributed by atoms with Crippen LogP contribution in [-0.4, -0.2) is 106 Å². The van der Waals surface area contributed by atoms with Gasteiger partial charge in [-0.2, -0.15) is 13.2 Å². The number of ether oxygens (including phenoxy) is 1. The Labute approximate surface area is 341 Å². The number of nitrogens with one attached hydrogen (secondary N) is 2. The third kappa shape index (κ3) is 13.0. The van der Waals surface area contributed by atoms with Gasteiger partial charge in [0.2, 0.25) is 11.8 Å². The SMILES string of the molecule is CC(C)(C)[C@H](c1cc(-c2cc(F)ccc2F)cn1Cc1ccccc1)N(CCCN)C(=O)CSCC(OC(=O)C(F)(F)F)C(=O)NCCNC(=O)CN1C(=O)C=CC1=O. The van der Waals surface area contributed by atoms with Gasteiger partial charge in [0, 0.05) is 67.1 Å². The number of rotatable bonds is 19. The summed E-state index contributed by atoms with van der Waals surface area (Å²) in [6.07, 6.45) is -3.44. The molecule has 0 fully saturated rings. The molecule has 13 nitrogen and oxygen atoms in total. The second-order valence-corrected chi connectivity index (χ2v) is 15.6. The first-order valence-electron chi connectivity index (χ1n) is 18.4. The molecular formula is C40H45F5N6O7S. The molecule has 0 saturated carbocycles. The van der Waals surface area contributed by atoms with E-state index in [4.69, 9.17) is 5.73 Å². The zero-order valence-corrected chi connectivity index (χ0v) is 33.3. The molecule has 5 amide bonds. The smallest absolute Gasteiger partial charge is 0.445 e. The lowest BCUT2D eigenvalue weighted by molar-refractivity contribution is -0.204. The number of hydrogen-bond donors (Lipinski definition) is 3. The molecular weight excluding hydrogens is 804 g/mol. The first kappa shape index (κ1) is 46.1. The zero-order chi connectivity index (χ0) is 43.5. The van der Waals surface area contributed by atoms with E-state index in [2.05, 4.69) is 15.4 Å². The Hall–Kier alpha value is -5.56. The fraction of sp³-hybridized carbons (Fsp3) is 0.400. The molecule has 1 unspecified atom stereocenters. The van der Waals surface area contributed by atoms with Gasteiger partial charge in [-0.1, -0.05) is 51.1 Å². The van der Waals surface area contributed by atoms with Crippen molar-refractivity contribution in [1.82, 2.24) is 25.0 Å². The number of carbonyl (C=O) groups is 6. The second-order valence-electron chi connectivity index (χ2n) is 14.5. The number of alkyl halides is 3. The topological polar surface area (TPSA) is 173 Å². The van der Waals surface area contributed by atoms with E-state index in [1.54, 1.807) is 17.2 Å². The first-order valence-corrected chi connectivity index (χ1v) is 19.6. The summed E-state index contributed by atoms with van der Waals surface area (Å²) in [6, 6.07) is 13.4. The molecule has 1 aliphatic rings. The molecule has 1 aromatic heterocycles. The van der Waals surface area contributed by atoms with E-state index in [-0.39, 0.29) is 37.5 Å². The molecule has 0 radical (unpaired) electrons. The Bertz CT molecular complexity index is 2020.